The molecule has 0 saturated heterocycles. The number of rotatable bonds is 0. The van der Waals surface area contributed by atoms with E-state index in [4.69, 9.17) is 33.7 Å². The molecule has 0 aliphatic carbocycles. The number of aromatic nitrogens is 1. The summed E-state index contributed by atoms with van der Waals surface area (Å²) in [6, 6.07) is 1.45. The number of fused-ring (bicyclic) bond motifs is 2. The van der Waals surface area contributed by atoms with E-state index >= 15 is 0 Å². The zero-order chi connectivity index (χ0) is 12.9. The van der Waals surface area contributed by atoms with E-state index in [1.807, 2.05) is 0 Å². The van der Waals surface area contributed by atoms with Crippen LogP contribution in [0.3, 0.4) is 0 Å². The van der Waals surface area contributed by atoms with Gasteiger partial charge in [0.15, 0.2) is 5.82 Å². The van der Waals surface area contributed by atoms with Crippen LogP contribution in [0.25, 0.3) is 10.9 Å². The third kappa shape index (κ3) is 1.64. The molecule has 3 rings (SSSR count). The van der Waals surface area contributed by atoms with E-state index in [2.05, 4.69) is 4.98 Å². The average molecular weight is 287 g/mol. The Morgan fingerprint density at radius 1 is 1.39 bits per heavy atom. The molecule has 1 aromatic heterocycles. The van der Waals surface area contributed by atoms with Crippen molar-refractivity contribution < 1.29 is 9.13 Å². The van der Waals surface area contributed by atoms with E-state index in [-0.39, 0.29) is 10.0 Å². The lowest BCUT2D eigenvalue weighted by molar-refractivity contribution is 0.110. The van der Waals surface area contributed by atoms with Crippen LogP contribution >= 0.6 is 23.2 Å². The summed E-state index contributed by atoms with van der Waals surface area (Å²) in [7, 11) is 0. The summed E-state index contributed by atoms with van der Waals surface area (Å²) in [5.74, 6) is -0.670. The minimum Gasteiger partial charge on any atom is -0.398 e. The second-order valence-electron chi connectivity index (χ2n) is 4.13. The molecule has 0 fully saturated rings. The van der Waals surface area contributed by atoms with Crippen molar-refractivity contribution in [1.29, 1.82) is 0 Å². The molecule has 6 heteroatoms. The monoisotopic (exact) mass is 286 g/mol. The molecule has 0 bridgehead atoms. The molecule has 18 heavy (non-hydrogen) atoms. The van der Waals surface area contributed by atoms with E-state index in [1.165, 1.54) is 6.07 Å². The van der Waals surface area contributed by atoms with Gasteiger partial charge >= 0.3 is 0 Å². The number of halogens is 3. The second kappa shape index (κ2) is 4.23. The highest BCUT2D eigenvalue weighted by molar-refractivity contribution is 6.39. The van der Waals surface area contributed by atoms with E-state index in [0.717, 1.165) is 11.3 Å². The fourth-order valence-corrected chi connectivity index (χ4v) is 2.70. The fraction of sp³-hybridized carbons (Fsp3) is 0.250. The Labute approximate surface area is 113 Å². The van der Waals surface area contributed by atoms with Crippen LogP contribution < -0.4 is 5.73 Å². The van der Waals surface area contributed by atoms with Crippen LogP contribution in [0.5, 0.6) is 0 Å². The van der Waals surface area contributed by atoms with Gasteiger partial charge < -0.3 is 10.5 Å². The van der Waals surface area contributed by atoms with Gasteiger partial charge in [0.25, 0.3) is 0 Å². The Balaban J connectivity index is 2.43. The summed E-state index contributed by atoms with van der Waals surface area (Å²) in [5, 5.41) is 0.269. The molecule has 0 amide bonds. The van der Waals surface area contributed by atoms with Gasteiger partial charge in [0.1, 0.15) is 0 Å². The molecule has 3 nitrogen and oxygen atoms in total. The van der Waals surface area contributed by atoms with Crippen molar-refractivity contribution in [3.05, 3.63) is 33.2 Å². The van der Waals surface area contributed by atoms with Gasteiger partial charge in [-0.15, -0.1) is 0 Å². The number of anilines is 1. The van der Waals surface area contributed by atoms with E-state index < -0.39 is 5.82 Å². The Kier molecular flexibility index (Phi) is 2.81. The Bertz CT molecular complexity index is 661. The zero-order valence-electron chi connectivity index (χ0n) is 9.27. The first-order valence-corrected chi connectivity index (χ1v) is 6.17. The van der Waals surface area contributed by atoms with Gasteiger partial charge in [-0.25, -0.2) is 4.39 Å². The van der Waals surface area contributed by atoms with Crippen molar-refractivity contribution in [2.24, 2.45) is 0 Å². The van der Waals surface area contributed by atoms with Crippen LogP contribution in [0.4, 0.5) is 10.1 Å². The topological polar surface area (TPSA) is 48.1 Å². The minimum atomic E-state index is -0.670. The van der Waals surface area contributed by atoms with Crippen molar-refractivity contribution >= 4 is 39.8 Å². The summed E-state index contributed by atoms with van der Waals surface area (Å²) >= 11 is 11.7. The number of nitrogens with two attached hydrogens (primary N) is 1. The highest BCUT2D eigenvalue weighted by atomic mass is 35.5. The van der Waals surface area contributed by atoms with Gasteiger partial charge in [0, 0.05) is 23.1 Å². The number of ether oxygens (including phenoxy) is 1. The van der Waals surface area contributed by atoms with Crippen LogP contribution in [0.1, 0.15) is 11.3 Å². The number of pyridine rings is 1. The third-order valence-corrected chi connectivity index (χ3v) is 3.70. The molecule has 0 unspecified atom stereocenters. The SMILES string of the molecule is Nc1c2c(nc3cc(Cl)c(F)c(Cl)c13)CCOC2. The minimum absolute atomic E-state index is 0.0496. The van der Waals surface area contributed by atoms with Crippen molar-refractivity contribution in [3.8, 4) is 0 Å². The maximum atomic E-state index is 13.7. The number of hydrogen-bond acceptors (Lipinski definition) is 3. The summed E-state index contributed by atoms with van der Waals surface area (Å²) in [6.07, 6.45) is 0.683. The quantitative estimate of drug-likeness (QED) is 0.756. The largest absolute Gasteiger partial charge is 0.398 e. The zero-order valence-corrected chi connectivity index (χ0v) is 10.8. The number of nitrogen functional groups attached to an aromatic ring is 1. The maximum absolute atomic E-state index is 13.7. The molecular weight excluding hydrogens is 278 g/mol. The van der Waals surface area contributed by atoms with Gasteiger partial charge in [-0.3, -0.25) is 4.98 Å². The first-order valence-electron chi connectivity index (χ1n) is 5.41. The highest BCUT2D eigenvalue weighted by Crippen LogP contribution is 2.37. The Hall–Kier alpha value is -1.10. The van der Waals surface area contributed by atoms with Crippen LogP contribution in [0.15, 0.2) is 6.07 Å². The van der Waals surface area contributed by atoms with Gasteiger partial charge in [0.2, 0.25) is 0 Å². The van der Waals surface area contributed by atoms with Crippen LogP contribution in [0.2, 0.25) is 10.0 Å². The smallest absolute Gasteiger partial charge is 0.161 e. The molecule has 0 spiro atoms. The van der Waals surface area contributed by atoms with Crippen LogP contribution in [-0.4, -0.2) is 11.6 Å². The van der Waals surface area contributed by atoms with E-state index in [9.17, 15) is 4.39 Å². The lowest BCUT2D eigenvalue weighted by atomic mass is 10.0. The molecule has 1 aliphatic heterocycles. The normalized spacial score (nSPS) is 14.8. The van der Waals surface area contributed by atoms with E-state index in [0.29, 0.717) is 36.2 Å². The first-order chi connectivity index (χ1) is 8.59. The predicted octanol–water partition coefficient (Wildman–Crippen LogP) is 3.34. The molecule has 0 radical (unpaired) electrons. The predicted molar refractivity (Wildman–Crippen MR) is 69.5 cm³/mol. The molecule has 1 aliphatic rings. The van der Waals surface area contributed by atoms with Gasteiger partial charge in [-0.2, -0.15) is 0 Å². The molecular formula is C12H9Cl2FN2O. The molecule has 2 heterocycles. The lowest BCUT2D eigenvalue weighted by Crippen LogP contribution is -2.14. The van der Waals surface area contributed by atoms with Crippen molar-refractivity contribution in [2.75, 3.05) is 12.3 Å². The number of nitrogens with zero attached hydrogens (tertiary/aromatic N) is 1. The fourth-order valence-electron chi connectivity index (χ4n) is 2.16. The average Bonchev–Trinajstić information content (AvgIpc) is 2.36. The molecule has 2 aromatic rings. The summed E-state index contributed by atoms with van der Waals surface area (Å²) in [4.78, 5) is 4.44. The van der Waals surface area contributed by atoms with Crippen LogP contribution in [-0.2, 0) is 17.8 Å². The Morgan fingerprint density at radius 2 is 2.17 bits per heavy atom. The highest BCUT2D eigenvalue weighted by Gasteiger charge is 2.21. The van der Waals surface area contributed by atoms with E-state index in [1.54, 1.807) is 0 Å². The van der Waals surface area contributed by atoms with Crippen LogP contribution in [0, 0.1) is 5.82 Å². The van der Waals surface area contributed by atoms with Crippen molar-refractivity contribution in [2.45, 2.75) is 13.0 Å². The Morgan fingerprint density at radius 3 is 2.94 bits per heavy atom. The molecule has 0 atom stereocenters. The number of benzene rings is 1. The molecule has 94 valence electrons. The second-order valence-corrected chi connectivity index (χ2v) is 4.92. The molecule has 0 saturated carbocycles. The standard InChI is InChI=1S/C12H9Cl2FN2O/c13-6-3-8-9(10(14)11(6)15)12(16)5-4-18-2-1-7(5)17-8/h3H,1-2,4H2,(H2,16,17). The first kappa shape index (κ1) is 12.0. The number of hydrogen-bond donors (Lipinski definition) is 1. The summed E-state index contributed by atoms with van der Waals surface area (Å²) in [6.45, 7) is 0.984. The molecule has 1 aromatic carbocycles. The van der Waals surface area contributed by atoms with Gasteiger partial charge in [0.05, 0.1) is 34.5 Å². The maximum Gasteiger partial charge on any atom is 0.161 e. The van der Waals surface area contributed by atoms with Crippen molar-refractivity contribution in [3.63, 3.8) is 0 Å². The lowest BCUT2D eigenvalue weighted by Gasteiger charge is -2.19. The summed E-state index contributed by atoms with van der Waals surface area (Å²) < 4.78 is 19.0. The third-order valence-electron chi connectivity index (χ3n) is 3.07. The summed E-state index contributed by atoms with van der Waals surface area (Å²) in [5.41, 5.74) is 8.64. The van der Waals surface area contributed by atoms with Crippen molar-refractivity contribution in [1.82, 2.24) is 4.98 Å². The van der Waals surface area contributed by atoms with Gasteiger partial charge in [-0.1, -0.05) is 23.2 Å². The van der Waals surface area contributed by atoms with Gasteiger partial charge in [-0.05, 0) is 6.07 Å². The molecule has 2 N–H and O–H groups in total.